The van der Waals surface area contributed by atoms with Crippen LogP contribution in [0.1, 0.15) is 17.9 Å². The van der Waals surface area contributed by atoms with E-state index in [4.69, 9.17) is 0 Å². The topological polar surface area (TPSA) is 32.3 Å². The number of hydrogen-bond acceptors (Lipinski definition) is 4. The van der Waals surface area contributed by atoms with Gasteiger partial charge in [-0.15, -0.1) is 0 Å². The first-order valence-corrected chi connectivity index (χ1v) is 5.80. The number of hydrogen-bond donors (Lipinski definition) is 0. The van der Waals surface area contributed by atoms with E-state index in [0.29, 0.717) is 6.04 Å². The highest BCUT2D eigenvalue weighted by Crippen LogP contribution is 2.20. The third-order valence-corrected chi connectivity index (χ3v) is 3.17. The zero-order valence-corrected chi connectivity index (χ0v) is 10.6. The van der Waals surface area contributed by atoms with Gasteiger partial charge in [0, 0.05) is 30.9 Å². The molecule has 1 aromatic rings. The number of aryl methyl sites for hydroxylation is 2. The van der Waals surface area contributed by atoms with Crippen molar-refractivity contribution in [2.75, 3.05) is 32.1 Å². The van der Waals surface area contributed by atoms with Crippen LogP contribution in [0.3, 0.4) is 0 Å². The fourth-order valence-corrected chi connectivity index (χ4v) is 2.23. The summed E-state index contributed by atoms with van der Waals surface area (Å²) in [7, 11) is 4.29. The molecular formula is C12H20N4. The molecule has 0 bridgehead atoms. The molecule has 0 aromatic carbocycles. The number of nitrogens with zero attached hydrogens (tertiary/aromatic N) is 4. The van der Waals surface area contributed by atoms with Crippen LogP contribution in [0, 0.1) is 13.8 Å². The fraction of sp³-hybridized carbons (Fsp3) is 0.667. The second kappa shape index (κ2) is 4.37. The first-order valence-electron chi connectivity index (χ1n) is 5.80. The molecule has 88 valence electrons. The van der Waals surface area contributed by atoms with Crippen molar-refractivity contribution < 1.29 is 0 Å². The monoisotopic (exact) mass is 220 g/mol. The zero-order valence-electron chi connectivity index (χ0n) is 10.6. The first-order chi connectivity index (χ1) is 7.56. The van der Waals surface area contributed by atoms with Crippen LogP contribution in [0.4, 0.5) is 5.82 Å². The van der Waals surface area contributed by atoms with E-state index in [1.807, 2.05) is 13.8 Å². The molecule has 0 aliphatic carbocycles. The van der Waals surface area contributed by atoms with Crippen molar-refractivity contribution in [3.8, 4) is 0 Å². The van der Waals surface area contributed by atoms with Crippen LogP contribution in [0.5, 0.6) is 0 Å². The summed E-state index contributed by atoms with van der Waals surface area (Å²) in [4.78, 5) is 13.5. The minimum absolute atomic E-state index is 0.649. The zero-order chi connectivity index (χ0) is 11.7. The largest absolute Gasteiger partial charge is 0.355 e. The van der Waals surface area contributed by atoms with E-state index in [1.165, 1.54) is 6.42 Å². The van der Waals surface area contributed by atoms with Gasteiger partial charge < -0.3 is 9.80 Å². The average molecular weight is 220 g/mol. The summed E-state index contributed by atoms with van der Waals surface area (Å²) < 4.78 is 0. The number of aromatic nitrogens is 2. The minimum Gasteiger partial charge on any atom is -0.355 e. The van der Waals surface area contributed by atoms with Crippen molar-refractivity contribution in [1.82, 2.24) is 14.9 Å². The van der Waals surface area contributed by atoms with Crippen LogP contribution in [-0.4, -0.2) is 48.1 Å². The van der Waals surface area contributed by atoms with Gasteiger partial charge in [0.05, 0.1) is 0 Å². The quantitative estimate of drug-likeness (QED) is 0.750. The molecule has 0 N–H and O–H groups in total. The molecule has 1 fully saturated rings. The van der Waals surface area contributed by atoms with E-state index in [0.717, 1.165) is 30.4 Å². The Balaban J connectivity index is 2.14. The van der Waals surface area contributed by atoms with E-state index in [1.54, 1.807) is 0 Å². The second-order valence-corrected chi connectivity index (χ2v) is 4.77. The lowest BCUT2D eigenvalue weighted by molar-refractivity contribution is 0.315. The molecule has 1 aliphatic heterocycles. The van der Waals surface area contributed by atoms with Crippen LogP contribution >= 0.6 is 0 Å². The van der Waals surface area contributed by atoms with Crippen molar-refractivity contribution in [2.45, 2.75) is 26.3 Å². The molecule has 4 heteroatoms. The van der Waals surface area contributed by atoms with Crippen LogP contribution in [0.15, 0.2) is 6.07 Å². The van der Waals surface area contributed by atoms with Crippen molar-refractivity contribution in [1.29, 1.82) is 0 Å². The van der Waals surface area contributed by atoms with Crippen molar-refractivity contribution in [3.63, 3.8) is 0 Å². The molecule has 0 saturated carbocycles. The maximum Gasteiger partial charge on any atom is 0.132 e. The lowest BCUT2D eigenvalue weighted by Crippen LogP contribution is -2.31. The second-order valence-electron chi connectivity index (χ2n) is 4.77. The Morgan fingerprint density at radius 2 is 2.06 bits per heavy atom. The fourth-order valence-electron chi connectivity index (χ4n) is 2.23. The Bertz CT molecular complexity index is 355. The number of anilines is 1. The van der Waals surface area contributed by atoms with Crippen LogP contribution in [0.25, 0.3) is 0 Å². The standard InChI is InChI=1S/C12H20N4/c1-9-7-12(14-10(2)13-9)16-6-5-11(8-16)15(3)4/h7,11H,5-6,8H2,1-4H3/t11-/m1/s1. The molecule has 1 saturated heterocycles. The molecule has 0 unspecified atom stereocenters. The lowest BCUT2D eigenvalue weighted by Gasteiger charge is -2.21. The van der Waals surface area contributed by atoms with Gasteiger partial charge in [-0.05, 0) is 34.4 Å². The van der Waals surface area contributed by atoms with Gasteiger partial charge in [-0.2, -0.15) is 0 Å². The summed E-state index contributed by atoms with van der Waals surface area (Å²) in [6.07, 6.45) is 1.22. The van der Waals surface area contributed by atoms with Crippen LogP contribution in [0.2, 0.25) is 0 Å². The molecule has 2 heterocycles. The molecule has 0 amide bonds. The van der Waals surface area contributed by atoms with E-state index in [-0.39, 0.29) is 0 Å². The predicted octanol–water partition coefficient (Wildman–Crippen LogP) is 1.23. The van der Waals surface area contributed by atoms with Gasteiger partial charge in [-0.1, -0.05) is 0 Å². The van der Waals surface area contributed by atoms with Crippen LogP contribution in [-0.2, 0) is 0 Å². The third kappa shape index (κ3) is 2.32. The smallest absolute Gasteiger partial charge is 0.132 e. The first kappa shape index (κ1) is 11.3. The highest BCUT2D eigenvalue weighted by molar-refractivity contribution is 5.41. The van der Waals surface area contributed by atoms with E-state index >= 15 is 0 Å². The molecule has 1 atom stereocenters. The number of rotatable bonds is 2. The summed E-state index contributed by atoms with van der Waals surface area (Å²) in [5.74, 6) is 1.94. The maximum absolute atomic E-state index is 4.51. The highest BCUT2D eigenvalue weighted by Gasteiger charge is 2.24. The third-order valence-electron chi connectivity index (χ3n) is 3.17. The molecule has 4 nitrogen and oxygen atoms in total. The summed E-state index contributed by atoms with van der Waals surface area (Å²) in [6.45, 7) is 6.15. The Labute approximate surface area is 97.3 Å². The van der Waals surface area contributed by atoms with Gasteiger partial charge in [0.15, 0.2) is 0 Å². The summed E-state index contributed by atoms with van der Waals surface area (Å²) in [6, 6.07) is 2.72. The SMILES string of the molecule is Cc1cc(N2CC[C@@H](N(C)C)C2)nc(C)n1. The Kier molecular flexibility index (Phi) is 3.10. The molecule has 1 aliphatic rings. The molecule has 0 radical (unpaired) electrons. The van der Waals surface area contributed by atoms with Gasteiger partial charge >= 0.3 is 0 Å². The maximum atomic E-state index is 4.51. The molecule has 2 rings (SSSR count). The lowest BCUT2D eigenvalue weighted by atomic mass is 10.2. The van der Waals surface area contributed by atoms with E-state index in [9.17, 15) is 0 Å². The van der Waals surface area contributed by atoms with Gasteiger partial charge in [0.2, 0.25) is 0 Å². The molecule has 16 heavy (non-hydrogen) atoms. The summed E-state index contributed by atoms with van der Waals surface area (Å²) in [5.41, 5.74) is 1.05. The van der Waals surface area contributed by atoms with Crippen molar-refractivity contribution in [3.05, 3.63) is 17.6 Å². The molecular weight excluding hydrogens is 200 g/mol. The van der Waals surface area contributed by atoms with Crippen LogP contribution < -0.4 is 4.90 Å². The predicted molar refractivity (Wildman–Crippen MR) is 65.8 cm³/mol. The Hall–Kier alpha value is -1.16. The van der Waals surface area contributed by atoms with Gasteiger partial charge in [0.1, 0.15) is 11.6 Å². The van der Waals surface area contributed by atoms with E-state index in [2.05, 4.69) is 39.9 Å². The Morgan fingerprint density at radius 3 is 2.62 bits per heavy atom. The van der Waals surface area contributed by atoms with Crippen molar-refractivity contribution >= 4 is 5.82 Å². The normalized spacial score (nSPS) is 20.8. The van der Waals surface area contributed by atoms with Crippen molar-refractivity contribution in [2.24, 2.45) is 0 Å². The minimum atomic E-state index is 0.649. The molecule has 1 aromatic heterocycles. The van der Waals surface area contributed by atoms with Gasteiger partial charge in [-0.25, -0.2) is 9.97 Å². The van der Waals surface area contributed by atoms with E-state index < -0.39 is 0 Å². The highest BCUT2D eigenvalue weighted by atomic mass is 15.3. The Morgan fingerprint density at radius 1 is 1.31 bits per heavy atom. The average Bonchev–Trinajstić information content (AvgIpc) is 2.64. The number of likely N-dealkylation sites (N-methyl/N-ethyl adjacent to an activating group) is 1. The van der Waals surface area contributed by atoms with Gasteiger partial charge in [0.25, 0.3) is 0 Å². The summed E-state index contributed by atoms with van der Waals surface area (Å²) >= 11 is 0. The summed E-state index contributed by atoms with van der Waals surface area (Å²) in [5, 5.41) is 0. The molecule has 0 spiro atoms. The van der Waals surface area contributed by atoms with Gasteiger partial charge in [-0.3, -0.25) is 0 Å².